The molecule has 5 heterocycles. The number of alkyl halides is 5. The maximum atomic E-state index is 13.5. The van der Waals surface area contributed by atoms with Gasteiger partial charge in [0.25, 0.3) is 11.5 Å². The molecule has 2 saturated heterocycles. The molecule has 0 aliphatic carbocycles. The molecule has 0 bridgehead atoms. The largest absolute Gasteiger partial charge is 0.419 e. The van der Waals surface area contributed by atoms with Gasteiger partial charge < -0.3 is 14.2 Å². The molecule has 0 radical (unpaired) electrons. The molecular formula is C20H17F5N6O3. The van der Waals surface area contributed by atoms with Crippen molar-refractivity contribution in [3.8, 4) is 11.5 Å². The number of halogens is 5. The van der Waals surface area contributed by atoms with E-state index in [0.717, 1.165) is 4.68 Å². The van der Waals surface area contributed by atoms with Crippen molar-refractivity contribution in [3.05, 3.63) is 51.9 Å². The van der Waals surface area contributed by atoms with Crippen molar-refractivity contribution in [1.82, 2.24) is 24.9 Å². The van der Waals surface area contributed by atoms with E-state index in [4.69, 9.17) is 9.26 Å². The molecule has 5 rings (SSSR count). The van der Waals surface area contributed by atoms with Gasteiger partial charge in [0, 0.05) is 43.5 Å². The van der Waals surface area contributed by atoms with E-state index in [0.29, 0.717) is 29.4 Å². The molecule has 34 heavy (non-hydrogen) atoms. The summed E-state index contributed by atoms with van der Waals surface area (Å²) in [6.45, 7) is 1.34. The van der Waals surface area contributed by atoms with Gasteiger partial charge in [0.05, 0.1) is 24.0 Å². The minimum absolute atomic E-state index is 0.0898. The van der Waals surface area contributed by atoms with Gasteiger partial charge in [-0.05, 0) is 6.92 Å². The molecule has 0 aromatic carbocycles. The highest BCUT2D eigenvalue weighted by Gasteiger charge is 2.57. The van der Waals surface area contributed by atoms with Crippen LogP contribution in [0.2, 0.25) is 0 Å². The van der Waals surface area contributed by atoms with Crippen LogP contribution in [0.15, 0.2) is 34.0 Å². The van der Waals surface area contributed by atoms with Gasteiger partial charge in [-0.1, -0.05) is 5.16 Å². The second kappa shape index (κ2) is 7.55. The summed E-state index contributed by atoms with van der Waals surface area (Å²) in [4.78, 5) is 21.8. The Balaban J connectivity index is 1.33. The van der Waals surface area contributed by atoms with Gasteiger partial charge in [-0.25, -0.2) is 23.4 Å². The summed E-state index contributed by atoms with van der Waals surface area (Å²) < 4.78 is 76.8. The Hall–Kier alpha value is -3.42. The Morgan fingerprint density at radius 3 is 2.44 bits per heavy atom. The molecule has 14 heteroatoms. The number of rotatable bonds is 4. The van der Waals surface area contributed by atoms with Crippen molar-refractivity contribution >= 4 is 5.69 Å². The van der Waals surface area contributed by atoms with Gasteiger partial charge in [-0.15, -0.1) is 0 Å². The highest BCUT2D eigenvalue weighted by molar-refractivity contribution is 5.55. The Labute approximate surface area is 188 Å². The molecular weight excluding hydrogens is 467 g/mol. The van der Waals surface area contributed by atoms with Crippen LogP contribution >= 0.6 is 0 Å². The van der Waals surface area contributed by atoms with Crippen LogP contribution < -0.4 is 10.5 Å². The van der Waals surface area contributed by atoms with Crippen LogP contribution in [-0.2, 0) is 17.5 Å². The summed E-state index contributed by atoms with van der Waals surface area (Å²) in [5.41, 5.74) is -1.45. The van der Waals surface area contributed by atoms with E-state index in [1.165, 1.54) is 12.3 Å². The average molecular weight is 484 g/mol. The molecule has 0 atom stereocenters. The van der Waals surface area contributed by atoms with Crippen LogP contribution in [0.5, 0.6) is 0 Å². The van der Waals surface area contributed by atoms with E-state index < -0.39 is 35.4 Å². The lowest BCUT2D eigenvalue weighted by Crippen LogP contribution is -2.62. The van der Waals surface area contributed by atoms with Crippen LogP contribution in [-0.4, -0.2) is 56.1 Å². The van der Waals surface area contributed by atoms with E-state index in [2.05, 4.69) is 20.2 Å². The lowest BCUT2D eigenvalue weighted by Gasteiger charge is -2.47. The molecule has 0 N–H and O–H groups in total. The van der Waals surface area contributed by atoms with E-state index in [-0.39, 0.29) is 37.6 Å². The van der Waals surface area contributed by atoms with Gasteiger partial charge in [0.15, 0.2) is 11.5 Å². The molecule has 3 aromatic rings. The molecule has 2 aliphatic rings. The third-order valence-electron chi connectivity index (χ3n) is 5.83. The number of nitrogens with zero attached hydrogens (tertiary/aromatic N) is 6. The molecule has 2 fully saturated rings. The number of hydrogen-bond donors (Lipinski definition) is 0. The number of hydrogen-bond acceptors (Lipinski definition) is 8. The topological polar surface area (TPSA) is 99.2 Å². The zero-order chi connectivity index (χ0) is 24.3. The molecule has 0 amide bonds. The Morgan fingerprint density at radius 2 is 1.85 bits per heavy atom. The third kappa shape index (κ3) is 4.02. The number of aromatic nitrogens is 5. The van der Waals surface area contributed by atoms with Crippen LogP contribution in [0.3, 0.4) is 0 Å². The Bertz CT molecular complexity index is 1280. The Morgan fingerprint density at radius 1 is 1.15 bits per heavy atom. The second-order valence-corrected chi connectivity index (χ2v) is 8.43. The minimum Gasteiger partial charge on any atom is -0.365 e. The van der Waals surface area contributed by atoms with Crippen LogP contribution in [0, 0.1) is 6.92 Å². The lowest BCUT2D eigenvalue weighted by molar-refractivity contribution is -0.138. The Kier molecular flexibility index (Phi) is 4.97. The van der Waals surface area contributed by atoms with Crippen molar-refractivity contribution in [1.29, 1.82) is 0 Å². The van der Waals surface area contributed by atoms with Gasteiger partial charge in [0.1, 0.15) is 18.0 Å². The molecule has 0 unspecified atom stereocenters. The quantitative estimate of drug-likeness (QED) is 0.522. The summed E-state index contributed by atoms with van der Waals surface area (Å²) in [6, 6.07) is 1.32. The maximum Gasteiger partial charge on any atom is 0.419 e. The number of ether oxygens (including phenoxy) is 1. The van der Waals surface area contributed by atoms with E-state index in [9.17, 15) is 26.7 Å². The first kappa shape index (κ1) is 22.4. The molecule has 0 saturated carbocycles. The standard InChI is InChI=1S/C20H17F5N6O3/c1-11-14(16(29-34-11)17-26-3-12(4-27-17)20(23,24)25)6-31-15(32)2-13(5-28-31)30-8-18(9-30)7-19(21,22)10-33-18/h2-5H,6-10H2,1H3. The lowest BCUT2D eigenvalue weighted by atomic mass is 9.89. The first-order valence-corrected chi connectivity index (χ1v) is 10.1. The summed E-state index contributed by atoms with van der Waals surface area (Å²) in [5.74, 6) is -2.62. The smallest absolute Gasteiger partial charge is 0.365 e. The highest BCUT2D eigenvalue weighted by atomic mass is 19.4. The van der Waals surface area contributed by atoms with Crippen LogP contribution in [0.4, 0.5) is 27.6 Å². The summed E-state index contributed by atoms with van der Waals surface area (Å²) in [7, 11) is 0. The highest BCUT2D eigenvalue weighted by Crippen LogP contribution is 2.43. The van der Waals surface area contributed by atoms with Crippen molar-refractivity contribution in [3.63, 3.8) is 0 Å². The molecule has 2 aliphatic heterocycles. The fraction of sp³-hybridized carbons (Fsp3) is 0.450. The first-order valence-electron chi connectivity index (χ1n) is 10.1. The molecule has 180 valence electrons. The predicted octanol–water partition coefficient (Wildman–Crippen LogP) is 2.68. The van der Waals surface area contributed by atoms with Gasteiger partial charge in [0.2, 0.25) is 0 Å². The SMILES string of the molecule is Cc1onc(-c2ncc(C(F)(F)F)cn2)c1Cn1ncc(N2CC3(C2)CC(F)(F)CO3)cc1=O. The molecule has 1 spiro atoms. The second-order valence-electron chi connectivity index (χ2n) is 8.43. The van der Waals surface area contributed by atoms with E-state index in [1.807, 2.05) is 0 Å². The zero-order valence-electron chi connectivity index (χ0n) is 17.6. The van der Waals surface area contributed by atoms with Gasteiger partial charge in [-0.2, -0.15) is 18.3 Å². The normalized spacial score (nSPS) is 18.9. The molecule has 3 aromatic heterocycles. The van der Waals surface area contributed by atoms with Crippen molar-refractivity contribution in [2.75, 3.05) is 24.6 Å². The summed E-state index contributed by atoms with van der Waals surface area (Å²) in [6.07, 6.45) is -2.24. The van der Waals surface area contributed by atoms with E-state index in [1.54, 1.807) is 11.8 Å². The van der Waals surface area contributed by atoms with Crippen molar-refractivity contribution in [2.45, 2.75) is 37.6 Å². The van der Waals surface area contributed by atoms with Gasteiger partial charge >= 0.3 is 6.18 Å². The van der Waals surface area contributed by atoms with Crippen LogP contribution in [0.1, 0.15) is 23.3 Å². The summed E-state index contributed by atoms with van der Waals surface area (Å²) >= 11 is 0. The fourth-order valence-electron chi connectivity index (χ4n) is 4.08. The zero-order valence-corrected chi connectivity index (χ0v) is 17.6. The van der Waals surface area contributed by atoms with Crippen molar-refractivity contribution in [2.24, 2.45) is 0 Å². The van der Waals surface area contributed by atoms with Crippen LogP contribution in [0.25, 0.3) is 11.5 Å². The van der Waals surface area contributed by atoms with Gasteiger partial charge in [-0.3, -0.25) is 4.79 Å². The number of aryl methyl sites for hydroxylation is 1. The fourth-order valence-corrected chi connectivity index (χ4v) is 4.08. The maximum absolute atomic E-state index is 13.5. The molecule has 9 nitrogen and oxygen atoms in total. The van der Waals surface area contributed by atoms with E-state index >= 15 is 0 Å². The first-order chi connectivity index (χ1) is 15.9. The van der Waals surface area contributed by atoms with Crippen molar-refractivity contribution < 1.29 is 31.2 Å². The predicted molar refractivity (Wildman–Crippen MR) is 105 cm³/mol. The third-order valence-corrected chi connectivity index (χ3v) is 5.83. The minimum atomic E-state index is -4.58. The summed E-state index contributed by atoms with van der Waals surface area (Å²) in [5, 5.41) is 7.95. The number of anilines is 1. The monoisotopic (exact) mass is 484 g/mol. The average Bonchev–Trinajstić information content (AvgIpc) is 3.27.